The molecule has 28 heavy (non-hydrogen) atoms. The fourth-order valence-corrected chi connectivity index (χ4v) is 2.64. The molecule has 2 aromatic carbocycles. The number of carbonyl (C=O) groups excluding carboxylic acids is 2. The first-order valence-electron chi connectivity index (χ1n) is 8.61. The van der Waals surface area contributed by atoms with Crippen LogP contribution in [0.1, 0.15) is 12.5 Å². The Morgan fingerprint density at radius 2 is 1.75 bits per heavy atom. The number of likely N-dealkylation sites (N-methyl/N-ethyl adjacent to an activating group) is 1. The van der Waals surface area contributed by atoms with Crippen LogP contribution in [-0.4, -0.2) is 43.5 Å². The van der Waals surface area contributed by atoms with Crippen molar-refractivity contribution in [3.63, 3.8) is 0 Å². The lowest BCUT2D eigenvalue weighted by Crippen LogP contribution is -2.38. The van der Waals surface area contributed by atoms with Crippen molar-refractivity contribution < 1.29 is 14.3 Å². The maximum Gasteiger partial charge on any atom is 0.238 e. The Morgan fingerprint density at radius 3 is 2.32 bits per heavy atom. The number of nitrogens with one attached hydrogen (secondary N) is 2. The highest BCUT2D eigenvalue weighted by molar-refractivity contribution is 6.31. The molecular weight excluding hydrogens is 380 g/mol. The van der Waals surface area contributed by atoms with E-state index >= 15 is 0 Å². The highest BCUT2D eigenvalue weighted by Gasteiger charge is 2.15. The van der Waals surface area contributed by atoms with Crippen LogP contribution in [0.5, 0.6) is 5.75 Å². The van der Waals surface area contributed by atoms with E-state index in [1.54, 1.807) is 42.3 Å². The van der Waals surface area contributed by atoms with Crippen LogP contribution in [-0.2, 0) is 9.59 Å². The number of benzene rings is 2. The van der Waals surface area contributed by atoms with Crippen molar-refractivity contribution >= 4 is 34.8 Å². The number of amides is 2. The third-order valence-electron chi connectivity index (χ3n) is 3.93. The molecule has 2 aromatic rings. The molecular formula is C20H21ClN4O3. The van der Waals surface area contributed by atoms with Crippen LogP contribution in [0.3, 0.4) is 0 Å². The highest BCUT2D eigenvalue weighted by Crippen LogP contribution is 2.20. The maximum absolute atomic E-state index is 12.3. The predicted octanol–water partition coefficient (Wildman–Crippen LogP) is 3.12. The molecule has 0 unspecified atom stereocenters. The molecule has 146 valence electrons. The number of rotatable bonds is 8. The summed E-state index contributed by atoms with van der Waals surface area (Å²) in [6.45, 7) is 2.42. The van der Waals surface area contributed by atoms with Crippen LogP contribution >= 0.6 is 11.6 Å². The molecule has 2 N–H and O–H groups in total. The number of anilines is 2. The van der Waals surface area contributed by atoms with E-state index in [4.69, 9.17) is 21.6 Å². The van der Waals surface area contributed by atoms with Crippen LogP contribution in [0.15, 0.2) is 42.5 Å². The van der Waals surface area contributed by atoms with Crippen LogP contribution in [0.25, 0.3) is 0 Å². The van der Waals surface area contributed by atoms with Gasteiger partial charge in [-0.3, -0.25) is 14.5 Å². The fraction of sp³-hybridized carbons (Fsp3) is 0.250. The largest absolute Gasteiger partial charge is 0.497 e. The Bertz CT molecular complexity index is 878. The minimum Gasteiger partial charge on any atom is -0.497 e. The maximum atomic E-state index is 12.3. The Hall–Kier alpha value is -3.08. The smallest absolute Gasteiger partial charge is 0.238 e. The standard InChI is InChI=1S/C20H21ClN4O3/c1-3-25(12-19(26)23-16-6-8-17(28-2)9-7-16)13-20(27)24-18-10-15(21)5-4-14(18)11-22/h4-10H,3,12-13H2,1-2H3,(H,23,26)(H,24,27). The number of hydrogen-bond acceptors (Lipinski definition) is 5. The number of methoxy groups -OCH3 is 1. The van der Waals surface area contributed by atoms with Crippen molar-refractivity contribution in [3.8, 4) is 11.8 Å². The van der Waals surface area contributed by atoms with Crippen molar-refractivity contribution in [2.45, 2.75) is 6.92 Å². The highest BCUT2D eigenvalue weighted by atomic mass is 35.5. The number of ether oxygens (including phenoxy) is 1. The predicted molar refractivity (Wildman–Crippen MR) is 109 cm³/mol. The number of hydrogen-bond donors (Lipinski definition) is 2. The number of nitriles is 1. The summed E-state index contributed by atoms with van der Waals surface area (Å²) in [6, 6.07) is 13.6. The van der Waals surface area contributed by atoms with Crippen molar-refractivity contribution in [2.75, 3.05) is 37.4 Å². The first kappa shape index (κ1) is 21.2. The van der Waals surface area contributed by atoms with Crippen LogP contribution in [0.4, 0.5) is 11.4 Å². The lowest BCUT2D eigenvalue weighted by atomic mass is 10.2. The van der Waals surface area contributed by atoms with E-state index in [1.165, 1.54) is 12.1 Å². The van der Waals surface area contributed by atoms with Gasteiger partial charge in [0, 0.05) is 10.7 Å². The molecule has 0 radical (unpaired) electrons. The van der Waals surface area contributed by atoms with Gasteiger partial charge in [-0.15, -0.1) is 0 Å². The molecule has 0 aliphatic carbocycles. The van der Waals surface area contributed by atoms with Gasteiger partial charge in [0.1, 0.15) is 11.8 Å². The normalized spacial score (nSPS) is 10.2. The summed E-state index contributed by atoms with van der Waals surface area (Å²) in [5.74, 6) is 0.126. The van der Waals surface area contributed by atoms with Gasteiger partial charge in [-0.2, -0.15) is 5.26 Å². The third kappa shape index (κ3) is 6.27. The minimum absolute atomic E-state index is 0.00388. The van der Waals surface area contributed by atoms with E-state index in [1.807, 2.05) is 13.0 Å². The van der Waals surface area contributed by atoms with E-state index in [9.17, 15) is 9.59 Å². The Morgan fingerprint density at radius 1 is 1.11 bits per heavy atom. The van der Waals surface area contributed by atoms with Gasteiger partial charge >= 0.3 is 0 Å². The van der Waals surface area contributed by atoms with E-state index in [2.05, 4.69) is 10.6 Å². The van der Waals surface area contributed by atoms with Crippen LogP contribution < -0.4 is 15.4 Å². The second-order valence-corrected chi connectivity index (χ2v) is 6.37. The summed E-state index contributed by atoms with van der Waals surface area (Å²) in [5, 5.41) is 15.0. The van der Waals surface area contributed by atoms with E-state index in [-0.39, 0.29) is 24.9 Å². The second kappa shape index (κ2) is 10.3. The molecule has 0 saturated heterocycles. The number of carbonyl (C=O) groups is 2. The Balaban J connectivity index is 1.92. The molecule has 0 bridgehead atoms. The van der Waals surface area contributed by atoms with Gasteiger partial charge in [0.25, 0.3) is 0 Å². The molecule has 8 heteroatoms. The molecule has 2 amide bonds. The van der Waals surface area contributed by atoms with Crippen molar-refractivity contribution in [1.29, 1.82) is 5.26 Å². The van der Waals surface area contributed by atoms with Gasteiger partial charge < -0.3 is 15.4 Å². The zero-order valence-corrected chi connectivity index (χ0v) is 16.4. The van der Waals surface area contributed by atoms with Gasteiger partial charge in [-0.1, -0.05) is 18.5 Å². The van der Waals surface area contributed by atoms with Crippen molar-refractivity contribution in [2.24, 2.45) is 0 Å². The summed E-state index contributed by atoms with van der Waals surface area (Å²) >= 11 is 5.92. The van der Waals surface area contributed by atoms with Crippen LogP contribution in [0.2, 0.25) is 5.02 Å². The molecule has 0 heterocycles. The molecule has 2 rings (SSSR count). The average Bonchev–Trinajstić information content (AvgIpc) is 2.68. The Kier molecular flexibility index (Phi) is 7.81. The van der Waals surface area contributed by atoms with Gasteiger partial charge in [0.2, 0.25) is 11.8 Å². The van der Waals surface area contributed by atoms with E-state index < -0.39 is 0 Å². The summed E-state index contributed by atoms with van der Waals surface area (Å²) in [6.07, 6.45) is 0. The first-order valence-corrected chi connectivity index (χ1v) is 8.98. The van der Waals surface area contributed by atoms with Gasteiger partial charge in [-0.25, -0.2) is 0 Å². The summed E-state index contributed by atoms with van der Waals surface area (Å²) in [4.78, 5) is 26.3. The zero-order chi connectivity index (χ0) is 20.5. The van der Waals surface area contributed by atoms with Gasteiger partial charge in [0.05, 0.1) is 31.5 Å². The monoisotopic (exact) mass is 400 g/mol. The average molecular weight is 401 g/mol. The van der Waals surface area contributed by atoms with Crippen molar-refractivity contribution in [1.82, 2.24) is 4.90 Å². The topological polar surface area (TPSA) is 94.5 Å². The summed E-state index contributed by atoms with van der Waals surface area (Å²) < 4.78 is 5.08. The molecule has 0 saturated carbocycles. The number of halogens is 1. The van der Waals surface area contributed by atoms with Gasteiger partial charge in [-0.05, 0) is 49.0 Å². The lowest BCUT2D eigenvalue weighted by Gasteiger charge is -2.19. The molecule has 7 nitrogen and oxygen atoms in total. The molecule has 0 fully saturated rings. The third-order valence-corrected chi connectivity index (χ3v) is 4.17. The Labute approximate surface area is 168 Å². The summed E-state index contributed by atoms with van der Waals surface area (Å²) in [5.41, 5.74) is 1.31. The molecule has 0 aliphatic rings. The lowest BCUT2D eigenvalue weighted by molar-refractivity contribution is -0.119. The van der Waals surface area contributed by atoms with Gasteiger partial charge in [0.15, 0.2) is 0 Å². The fourth-order valence-electron chi connectivity index (χ4n) is 2.47. The quantitative estimate of drug-likeness (QED) is 0.709. The van der Waals surface area contributed by atoms with E-state index in [0.29, 0.717) is 34.3 Å². The second-order valence-electron chi connectivity index (χ2n) is 5.93. The number of nitrogens with zero attached hydrogens (tertiary/aromatic N) is 2. The molecule has 0 spiro atoms. The molecule has 0 aromatic heterocycles. The van der Waals surface area contributed by atoms with Crippen molar-refractivity contribution in [3.05, 3.63) is 53.1 Å². The van der Waals surface area contributed by atoms with Crippen LogP contribution in [0, 0.1) is 11.3 Å². The first-order chi connectivity index (χ1) is 13.4. The SMILES string of the molecule is CCN(CC(=O)Nc1ccc(OC)cc1)CC(=O)Nc1cc(Cl)ccc1C#N. The summed E-state index contributed by atoms with van der Waals surface area (Å²) in [7, 11) is 1.57. The van der Waals surface area contributed by atoms with E-state index in [0.717, 1.165) is 0 Å². The molecule has 0 aliphatic heterocycles. The zero-order valence-electron chi connectivity index (χ0n) is 15.7. The minimum atomic E-state index is -0.335. The molecule has 0 atom stereocenters.